The molecule has 4 rings (SSSR count). The molecule has 6 heteroatoms. The summed E-state index contributed by atoms with van der Waals surface area (Å²) in [4.78, 5) is 3.40. The van der Waals surface area contributed by atoms with Crippen LogP contribution < -0.4 is 5.32 Å². The number of fused-ring (bicyclic) bond motifs is 1. The Hall–Kier alpha value is -3.09. The van der Waals surface area contributed by atoms with E-state index in [1.807, 2.05) is 6.92 Å². The van der Waals surface area contributed by atoms with E-state index in [9.17, 15) is 10.2 Å². The number of nitrogens with zero attached hydrogens (tertiary/aromatic N) is 3. The first-order chi connectivity index (χ1) is 13.4. The van der Waals surface area contributed by atoms with Crippen LogP contribution in [0, 0.1) is 18.9 Å². The van der Waals surface area contributed by atoms with Gasteiger partial charge in [0.1, 0.15) is 5.75 Å². The molecule has 0 unspecified atom stereocenters. The average molecular weight is 374 g/mol. The van der Waals surface area contributed by atoms with Crippen LogP contribution in [0.25, 0.3) is 16.1 Å². The van der Waals surface area contributed by atoms with E-state index in [2.05, 4.69) is 26.3 Å². The fourth-order valence-electron chi connectivity index (χ4n) is 4.28. The molecule has 0 bridgehead atoms. The molecule has 2 aromatic rings. The van der Waals surface area contributed by atoms with Crippen molar-refractivity contribution in [2.45, 2.75) is 57.1 Å². The van der Waals surface area contributed by atoms with Crippen LogP contribution in [0.2, 0.25) is 0 Å². The number of aromatic hydroxyl groups is 1. The van der Waals surface area contributed by atoms with Crippen molar-refractivity contribution < 1.29 is 10.2 Å². The monoisotopic (exact) mass is 374 g/mol. The number of hydrogen-bond acceptors (Lipinski definition) is 5. The summed E-state index contributed by atoms with van der Waals surface area (Å²) in [5.74, 6) is 3.07. The maximum absolute atomic E-state index is 10.7. The van der Waals surface area contributed by atoms with Crippen LogP contribution in [0.15, 0.2) is 12.1 Å². The van der Waals surface area contributed by atoms with Gasteiger partial charge in [0.05, 0.1) is 17.9 Å². The summed E-state index contributed by atoms with van der Waals surface area (Å²) in [6.07, 6.45) is 10.7. The normalized spacial score (nSPS) is 23.1. The van der Waals surface area contributed by atoms with Crippen LogP contribution in [0.3, 0.4) is 0 Å². The second-order valence-electron chi connectivity index (χ2n) is 7.92. The molecule has 0 aliphatic heterocycles. The number of aliphatic hydroxyl groups is 1. The van der Waals surface area contributed by atoms with Gasteiger partial charge in [0.15, 0.2) is 5.82 Å². The Bertz CT molecular complexity index is 1020. The minimum absolute atomic E-state index is 0.0743. The first-order valence-electron chi connectivity index (χ1n) is 9.51. The molecule has 0 spiro atoms. The van der Waals surface area contributed by atoms with Gasteiger partial charge in [-0.1, -0.05) is 18.1 Å². The lowest BCUT2D eigenvalue weighted by molar-refractivity contribution is -0.0235. The standard InChI is InChI=1S/C22H22N4O2/c1-4-13-9-10-17(20(27)18(13)23-3)19-15-7-5-6-8-16(15)21(26-25-19)24-14-11-22(2,28)12-14/h1,9-10,14,27-28H,5-8,11-12H2,2H3,(H,24,26). The van der Waals surface area contributed by atoms with Crippen LogP contribution in [0.4, 0.5) is 11.5 Å². The molecule has 0 atom stereocenters. The number of anilines is 1. The highest BCUT2D eigenvalue weighted by atomic mass is 16.3. The molecular weight excluding hydrogens is 352 g/mol. The molecule has 0 amide bonds. The Labute approximate surface area is 164 Å². The van der Waals surface area contributed by atoms with E-state index in [0.717, 1.165) is 42.6 Å². The highest BCUT2D eigenvalue weighted by Crippen LogP contribution is 2.43. The maximum Gasteiger partial charge on any atom is 0.243 e. The second-order valence-corrected chi connectivity index (χ2v) is 7.92. The van der Waals surface area contributed by atoms with Gasteiger partial charge in [-0.25, -0.2) is 4.85 Å². The third-order valence-corrected chi connectivity index (χ3v) is 5.68. The van der Waals surface area contributed by atoms with Gasteiger partial charge in [-0.15, -0.1) is 16.6 Å². The van der Waals surface area contributed by atoms with E-state index in [1.165, 1.54) is 0 Å². The molecule has 2 aliphatic carbocycles. The summed E-state index contributed by atoms with van der Waals surface area (Å²) in [5.41, 5.74) is 3.13. The minimum Gasteiger partial charge on any atom is -0.518 e. The van der Waals surface area contributed by atoms with Gasteiger partial charge in [0.2, 0.25) is 5.69 Å². The Kier molecular flexibility index (Phi) is 4.45. The Morgan fingerprint density at radius 3 is 2.61 bits per heavy atom. The van der Waals surface area contributed by atoms with Gasteiger partial charge in [-0.2, -0.15) is 0 Å². The predicted octanol–water partition coefficient (Wildman–Crippen LogP) is 3.59. The summed E-state index contributed by atoms with van der Waals surface area (Å²) in [6.45, 7) is 9.19. The number of rotatable bonds is 3. The zero-order chi connectivity index (χ0) is 19.9. The van der Waals surface area contributed by atoms with Gasteiger partial charge < -0.3 is 15.5 Å². The van der Waals surface area contributed by atoms with Crippen LogP contribution in [-0.2, 0) is 12.8 Å². The zero-order valence-electron chi connectivity index (χ0n) is 15.8. The van der Waals surface area contributed by atoms with Crippen LogP contribution >= 0.6 is 0 Å². The molecule has 0 saturated heterocycles. The lowest BCUT2D eigenvalue weighted by atomic mass is 9.77. The van der Waals surface area contributed by atoms with E-state index in [1.54, 1.807) is 12.1 Å². The molecule has 1 fully saturated rings. The quantitative estimate of drug-likeness (QED) is 0.565. The van der Waals surface area contributed by atoms with Crippen molar-refractivity contribution in [2.75, 3.05) is 5.32 Å². The number of benzene rings is 1. The van der Waals surface area contributed by atoms with Crippen molar-refractivity contribution in [3.05, 3.63) is 40.2 Å². The fourth-order valence-corrected chi connectivity index (χ4v) is 4.28. The Morgan fingerprint density at radius 2 is 1.96 bits per heavy atom. The first kappa shape index (κ1) is 18.3. The van der Waals surface area contributed by atoms with E-state index >= 15 is 0 Å². The van der Waals surface area contributed by atoms with E-state index in [0.29, 0.717) is 29.7 Å². The topological polar surface area (TPSA) is 82.6 Å². The molecule has 28 heavy (non-hydrogen) atoms. The van der Waals surface area contributed by atoms with Crippen molar-refractivity contribution in [1.29, 1.82) is 0 Å². The summed E-state index contributed by atoms with van der Waals surface area (Å²) in [6, 6.07) is 3.58. The van der Waals surface area contributed by atoms with Crippen molar-refractivity contribution in [1.82, 2.24) is 10.2 Å². The predicted molar refractivity (Wildman–Crippen MR) is 107 cm³/mol. The molecule has 1 aromatic carbocycles. The van der Waals surface area contributed by atoms with E-state index in [4.69, 9.17) is 13.0 Å². The Balaban J connectivity index is 1.76. The Morgan fingerprint density at radius 1 is 1.25 bits per heavy atom. The van der Waals surface area contributed by atoms with Gasteiger partial charge in [-0.05, 0) is 51.0 Å². The van der Waals surface area contributed by atoms with Crippen molar-refractivity contribution >= 4 is 11.5 Å². The molecule has 1 saturated carbocycles. The number of phenolic OH excluding ortho intramolecular Hbond substituents is 1. The van der Waals surface area contributed by atoms with Crippen molar-refractivity contribution in [3.8, 4) is 29.4 Å². The van der Waals surface area contributed by atoms with Crippen molar-refractivity contribution in [3.63, 3.8) is 0 Å². The third-order valence-electron chi connectivity index (χ3n) is 5.68. The highest BCUT2D eigenvalue weighted by Gasteiger charge is 2.39. The third kappa shape index (κ3) is 3.06. The lowest BCUT2D eigenvalue weighted by Gasteiger charge is -2.41. The van der Waals surface area contributed by atoms with Gasteiger partial charge in [0.25, 0.3) is 0 Å². The van der Waals surface area contributed by atoms with E-state index < -0.39 is 5.60 Å². The number of hydrogen-bond donors (Lipinski definition) is 3. The number of terminal acetylenes is 1. The summed E-state index contributed by atoms with van der Waals surface area (Å²) in [5, 5.41) is 32.9. The zero-order valence-corrected chi connectivity index (χ0v) is 15.8. The van der Waals surface area contributed by atoms with Gasteiger partial charge in [0, 0.05) is 22.7 Å². The highest BCUT2D eigenvalue weighted by molar-refractivity contribution is 5.82. The first-order valence-corrected chi connectivity index (χ1v) is 9.51. The molecule has 3 N–H and O–H groups in total. The molecule has 142 valence electrons. The molecule has 1 heterocycles. The number of aromatic nitrogens is 2. The molecule has 6 nitrogen and oxygen atoms in total. The van der Waals surface area contributed by atoms with Crippen LogP contribution in [-0.4, -0.2) is 32.1 Å². The van der Waals surface area contributed by atoms with Crippen LogP contribution in [0.5, 0.6) is 5.75 Å². The summed E-state index contributed by atoms with van der Waals surface area (Å²) < 4.78 is 0. The smallest absolute Gasteiger partial charge is 0.243 e. The van der Waals surface area contributed by atoms with E-state index in [-0.39, 0.29) is 17.5 Å². The largest absolute Gasteiger partial charge is 0.518 e. The molecule has 2 aliphatic rings. The fraction of sp³-hybridized carbons (Fsp3) is 0.409. The lowest BCUT2D eigenvalue weighted by Crippen LogP contribution is -2.48. The molecular formula is C22H22N4O2. The SMILES string of the molecule is [C-]#[N+]c1c(C#C)ccc(-c2nnc(NC3CC(C)(O)C3)c3c2CCCC3)c1O. The minimum atomic E-state index is -0.605. The van der Waals surface area contributed by atoms with Gasteiger partial charge in [-0.3, -0.25) is 0 Å². The second kappa shape index (κ2) is 6.82. The molecule has 0 radical (unpaired) electrons. The number of phenols is 1. The summed E-state index contributed by atoms with van der Waals surface area (Å²) in [7, 11) is 0. The number of nitrogens with one attached hydrogen (secondary N) is 1. The van der Waals surface area contributed by atoms with Crippen molar-refractivity contribution in [2.24, 2.45) is 0 Å². The molecule has 1 aromatic heterocycles. The average Bonchev–Trinajstić information content (AvgIpc) is 2.67. The van der Waals surface area contributed by atoms with Crippen LogP contribution in [0.1, 0.15) is 49.3 Å². The summed E-state index contributed by atoms with van der Waals surface area (Å²) >= 11 is 0. The maximum atomic E-state index is 10.7. The van der Waals surface area contributed by atoms with Gasteiger partial charge >= 0.3 is 0 Å².